The Balaban J connectivity index is 1.75. The lowest BCUT2D eigenvalue weighted by Gasteiger charge is -2.41. The van der Waals surface area contributed by atoms with E-state index in [1.807, 2.05) is 135 Å². The maximum Gasteiger partial charge on any atom is 0.315 e. The van der Waals surface area contributed by atoms with Gasteiger partial charge in [0.25, 0.3) is 0 Å². The highest BCUT2D eigenvalue weighted by molar-refractivity contribution is 5.89. The summed E-state index contributed by atoms with van der Waals surface area (Å²) in [7, 11) is 0. The monoisotopic (exact) mass is 783 g/mol. The van der Waals surface area contributed by atoms with Crippen molar-refractivity contribution in [3.8, 4) is 0 Å². The number of esters is 4. The molecule has 0 aliphatic carbocycles. The first-order chi connectivity index (χ1) is 25.1. The van der Waals surface area contributed by atoms with E-state index >= 15 is 0 Å². The van der Waals surface area contributed by atoms with E-state index in [-0.39, 0.29) is 11.1 Å². The first-order valence-corrected chi connectivity index (χ1v) is 20.0. The molecule has 0 saturated carbocycles. The summed E-state index contributed by atoms with van der Waals surface area (Å²) < 4.78 is 24.1. The molecule has 56 heavy (non-hydrogen) atoms. The molecule has 0 amide bonds. The summed E-state index contributed by atoms with van der Waals surface area (Å²) in [4.78, 5) is 57.0. The Bertz CT molecular complexity index is 1580. The Morgan fingerprint density at radius 3 is 0.857 bits per heavy atom. The Morgan fingerprint density at radius 1 is 0.429 bits per heavy atom. The minimum Gasteiger partial charge on any atom is -0.431 e. The van der Waals surface area contributed by atoms with E-state index in [1.165, 1.54) is 0 Å². The minimum atomic E-state index is -1.45. The van der Waals surface area contributed by atoms with Gasteiger partial charge in [0.2, 0.25) is 0 Å². The van der Waals surface area contributed by atoms with Crippen LogP contribution in [0.25, 0.3) is 0 Å². The lowest BCUT2D eigenvalue weighted by atomic mass is 9.85. The molecule has 0 saturated heterocycles. The van der Waals surface area contributed by atoms with Gasteiger partial charge in [-0.1, -0.05) is 0 Å². The molecule has 0 radical (unpaired) electrons. The van der Waals surface area contributed by atoms with Crippen molar-refractivity contribution in [1.82, 2.24) is 21.3 Å². The van der Waals surface area contributed by atoms with Crippen molar-refractivity contribution in [3.63, 3.8) is 0 Å². The normalized spacial score (nSPS) is 26.1. The largest absolute Gasteiger partial charge is 0.431 e. The van der Waals surface area contributed by atoms with E-state index in [4.69, 9.17) is 18.9 Å². The van der Waals surface area contributed by atoms with Crippen molar-refractivity contribution >= 4 is 23.9 Å². The van der Waals surface area contributed by atoms with Gasteiger partial charge in [-0.15, -0.1) is 0 Å². The van der Waals surface area contributed by atoms with Crippen molar-refractivity contribution in [2.75, 3.05) is 0 Å². The molecular weight excluding hydrogens is 713 g/mol. The molecule has 12 heteroatoms. The van der Waals surface area contributed by atoms with Gasteiger partial charge in [0.15, 0.2) is 0 Å². The third-order valence-electron chi connectivity index (χ3n) is 10.0. The van der Waals surface area contributed by atoms with E-state index in [0.29, 0.717) is 48.7 Å². The van der Waals surface area contributed by atoms with Gasteiger partial charge in [0.1, 0.15) is 23.0 Å². The predicted molar refractivity (Wildman–Crippen MR) is 217 cm³/mol. The average molecular weight is 783 g/mol. The number of nitrogens with one attached hydrogen (secondary N) is 4. The number of ether oxygens (including phenoxy) is 4. The fourth-order valence-corrected chi connectivity index (χ4v) is 9.55. The third kappa shape index (κ3) is 13.4. The molecule has 4 aliphatic rings. The Morgan fingerprint density at radius 2 is 0.643 bits per heavy atom. The Labute approximate surface area is 335 Å². The van der Waals surface area contributed by atoms with Crippen molar-refractivity contribution in [1.29, 1.82) is 0 Å². The van der Waals surface area contributed by atoms with E-state index in [1.54, 1.807) is 0 Å². The number of rotatable bonds is 11. The molecule has 2 unspecified atom stereocenters. The van der Waals surface area contributed by atoms with E-state index in [0.717, 1.165) is 0 Å². The second-order valence-corrected chi connectivity index (χ2v) is 21.5. The molecule has 2 atom stereocenters. The Hall–Kier alpha value is -3.32. The van der Waals surface area contributed by atoms with Crippen LogP contribution in [0.2, 0.25) is 0 Å². The van der Waals surface area contributed by atoms with Gasteiger partial charge >= 0.3 is 23.9 Å². The van der Waals surface area contributed by atoms with Crippen molar-refractivity contribution < 1.29 is 38.1 Å². The minimum absolute atomic E-state index is 0.373. The summed E-state index contributed by atoms with van der Waals surface area (Å²) in [5.41, 5.74) is -3.55. The van der Waals surface area contributed by atoms with Gasteiger partial charge in [-0.25, -0.2) is 0 Å². The first-order valence-electron chi connectivity index (χ1n) is 20.0. The third-order valence-corrected chi connectivity index (χ3v) is 10.0. The van der Waals surface area contributed by atoms with Gasteiger partial charge in [-0.2, -0.15) is 0 Å². The lowest BCUT2D eigenvalue weighted by Crippen LogP contribution is -2.54. The molecule has 4 N–H and O–H groups in total. The summed E-state index contributed by atoms with van der Waals surface area (Å²) in [6.07, 6.45) is 7.85. The molecule has 0 fully saturated rings. The van der Waals surface area contributed by atoms with Gasteiger partial charge < -0.3 is 40.2 Å². The quantitative estimate of drug-likeness (QED) is 0.127. The average Bonchev–Trinajstić information content (AvgIpc) is 2.87. The molecule has 0 aromatic carbocycles. The standard InChI is InChI=1S/C44H70N4O8/c1-37(2)19-27(20-38(3,4)45-37)53-33(49)17-31(35(51)55-29-23-41(9,10)47-42(11,12)24-29)32(36(52)56-30-25-43(13,14)48-44(15,16)26-30)18-34(50)54-28-21-39(5,6)46-40(7,8)22-28/h19,21,23,25,31-32,45-48H,17-18,20,22,24,26H2,1-16H3. The molecule has 0 aromatic rings. The molecule has 0 aromatic heterocycles. The molecule has 4 heterocycles. The maximum atomic E-state index is 14.5. The summed E-state index contributed by atoms with van der Waals surface area (Å²) in [6.45, 7) is 31.9. The fourth-order valence-electron chi connectivity index (χ4n) is 9.55. The van der Waals surface area contributed by atoms with Crippen LogP contribution < -0.4 is 21.3 Å². The Kier molecular flexibility index (Phi) is 12.5. The zero-order chi connectivity index (χ0) is 42.5. The molecule has 4 rings (SSSR count). The zero-order valence-electron chi connectivity index (χ0n) is 37.0. The van der Waals surface area contributed by atoms with Crippen LogP contribution in [0.5, 0.6) is 0 Å². The second kappa shape index (κ2) is 15.5. The number of carbonyl (C=O) groups is 4. The summed E-state index contributed by atoms with van der Waals surface area (Å²) >= 11 is 0. The van der Waals surface area contributed by atoms with Crippen LogP contribution in [0.3, 0.4) is 0 Å². The smallest absolute Gasteiger partial charge is 0.315 e. The second-order valence-electron chi connectivity index (χ2n) is 21.5. The van der Waals surface area contributed by atoms with Gasteiger partial charge in [-0.05, 0) is 135 Å². The molecule has 0 bridgehead atoms. The number of carbonyl (C=O) groups excluding carboxylic acids is 4. The van der Waals surface area contributed by atoms with Gasteiger partial charge in [0, 0.05) is 70.0 Å². The van der Waals surface area contributed by atoms with Crippen molar-refractivity contribution in [2.24, 2.45) is 11.8 Å². The highest BCUT2D eigenvalue weighted by Gasteiger charge is 2.45. The van der Waals surface area contributed by atoms with Crippen molar-refractivity contribution in [2.45, 2.75) is 194 Å². The molecule has 0 spiro atoms. The van der Waals surface area contributed by atoms with Crippen LogP contribution in [0.1, 0.15) is 149 Å². The van der Waals surface area contributed by atoms with Crippen LogP contribution in [-0.2, 0) is 38.1 Å². The topological polar surface area (TPSA) is 153 Å². The van der Waals surface area contributed by atoms with Crippen LogP contribution in [0, 0.1) is 11.8 Å². The molecule has 12 nitrogen and oxygen atoms in total. The van der Waals surface area contributed by atoms with Crippen LogP contribution in [-0.4, -0.2) is 68.2 Å². The van der Waals surface area contributed by atoms with Gasteiger partial charge in [0.05, 0.1) is 24.7 Å². The van der Waals surface area contributed by atoms with Crippen molar-refractivity contribution in [3.05, 3.63) is 47.3 Å². The van der Waals surface area contributed by atoms with Crippen LogP contribution in [0.4, 0.5) is 0 Å². The lowest BCUT2D eigenvalue weighted by molar-refractivity contribution is -0.163. The summed E-state index contributed by atoms with van der Waals surface area (Å²) in [6, 6.07) is 0. The number of hydrogen-bond donors (Lipinski definition) is 4. The maximum absolute atomic E-state index is 14.5. The van der Waals surface area contributed by atoms with E-state index in [9.17, 15) is 19.2 Å². The number of hydrogen-bond acceptors (Lipinski definition) is 12. The zero-order valence-corrected chi connectivity index (χ0v) is 37.0. The highest BCUT2D eigenvalue weighted by atomic mass is 16.6. The fraction of sp³-hybridized carbons (Fsp3) is 0.727. The highest BCUT2D eigenvalue weighted by Crippen LogP contribution is 2.36. The summed E-state index contributed by atoms with van der Waals surface area (Å²) in [5, 5.41) is 14.1. The SMILES string of the molecule is CC1(C)C=C(OC(=O)CC(C(=O)OC2=CC(C)(C)NC(C)(C)C2)C(CC(=O)OC2=CC(C)(C)NC(C)(C)C2)C(=O)OC2=CC(C)(C)NC(C)(C)C2)CC(C)(C)N1. The van der Waals surface area contributed by atoms with E-state index < -0.39 is 81.8 Å². The molecule has 4 aliphatic heterocycles. The molecular formula is C44H70N4O8. The molecule has 314 valence electrons. The summed E-state index contributed by atoms with van der Waals surface area (Å²) in [5.74, 6) is -4.34. The first kappa shape index (κ1) is 45.4. The van der Waals surface area contributed by atoms with Crippen LogP contribution >= 0.6 is 0 Å². The predicted octanol–water partition coefficient (Wildman–Crippen LogP) is 6.91. The van der Waals surface area contributed by atoms with Gasteiger partial charge in [-0.3, -0.25) is 19.2 Å². The van der Waals surface area contributed by atoms with E-state index in [2.05, 4.69) is 21.3 Å². The van der Waals surface area contributed by atoms with Crippen LogP contribution in [0.15, 0.2) is 47.3 Å².